The van der Waals surface area contributed by atoms with Gasteiger partial charge >= 0.3 is 60.8 Å². The van der Waals surface area contributed by atoms with Crippen LogP contribution < -0.4 is 0 Å². The van der Waals surface area contributed by atoms with E-state index in [9.17, 15) is 4.57 Å². The van der Waals surface area contributed by atoms with Crippen molar-refractivity contribution in [2.24, 2.45) is 0 Å². The molecule has 8 heavy (non-hydrogen) atoms. The van der Waals surface area contributed by atoms with Crippen LogP contribution in [0.25, 0.3) is 0 Å². The van der Waals surface area contributed by atoms with Crippen LogP contribution in [0, 0.1) is 0 Å². The molecule has 2 N–H and O–H groups in total. The van der Waals surface area contributed by atoms with Crippen LogP contribution >= 0.6 is 31.7 Å². The zero-order chi connectivity index (χ0) is 7.00. The van der Waals surface area contributed by atoms with Crippen molar-refractivity contribution in [1.82, 2.24) is 0 Å². The van der Waals surface area contributed by atoms with E-state index in [0.29, 0.717) is 0 Å². The molecule has 0 aromatic heterocycles. The van der Waals surface area contributed by atoms with Crippen LogP contribution in [0.2, 0.25) is 0 Å². The number of hydrogen-bond acceptors (Lipinski definition) is 1. The molecular formula is H3Cl3O3PSb. The standard InChI is InChI=1S/3ClH.HO3P.Sb.H/c;;;1-4(2)3;;/h3*1H;(H-,1,2,3);;/q;;;;+2;/p-2. The van der Waals surface area contributed by atoms with Gasteiger partial charge < -0.3 is 0 Å². The number of hydrogen-bond donors (Lipinski definition) is 2. The van der Waals surface area contributed by atoms with Gasteiger partial charge in [0.25, 0.3) is 0 Å². The maximum absolute atomic E-state index is 10.0. The first kappa shape index (κ1) is 9.84. The summed E-state index contributed by atoms with van der Waals surface area (Å²) in [6.07, 6.45) is 0. The molecule has 0 aromatic carbocycles. The Morgan fingerprint density at radius 2 is 1.38 bits per heavy atom. The first-order chi connectivity index (χ1) is 3.25. The summed E-state index contributed by atoms with van der Waals surface area (Å²) in [5.41, 5.74) is 0. The quantitative estimate of drug-likeness (QED) is 0.562. The Bertz CT molecular complexity index is 121. The summed E-state index contributed by atoms with van der Waals surface area (Å²) in [7, 11) is 15.0. The van der Waals surface area contributed by atoms with Gasteiger partial charge in [-0.1, -0.05) is 0 Å². The monoisotopic (exact) mass is 308 g/mol. The molecule has 3 nitrogen and oxygen atoms in total. The SMILES string of the molecule is O=[P](O)(O)[SbH]([Cl])([Cl])[Cl]. The van der Waals surface area contributed by atoms with Gasteiger partial charge in [-0.05, 0) is 0 Å². The van der Waals surface area contributed by atoms with Crippen molar-refractivity contribution < 1.29 is 14.4 Å². The Morgan fingerprint density at radius 1 is 1.25 bits per heavy atom. The summed E-state index contributed by atoms with van der Waals surface area (Å²) >= 11 is -4.44. The summed E-state index contributed by atoms with van der Waals surface area (Å²) in [4.78, 5) is 16.3. The van der Waals surface area contributed by atoms with E-state index in [1.165, 1.54) is 0 Å². The summed E-state index contributed by atoms with van der Waals surface area (Å²) in [5.74, 6) is 0. The van der Waals surface area contributed by atoms with Crippen LogP contribution in [-0.4, -0.2) is 24.6 Å². The van der Waals surface area contributed by atoms with E-state index in [-0.39, 0.29) is 0 Å². The molecule has 0 aliphatic rings. The van der Waals surface area contributed by atoms with Gasteiger partial charge in [0, 0.05) is 0 Å². The van der Waals surface area contributed by atoms with E-state index in [1.54, 1.807) is 0 Å². The van der Waals surface area contributed by atoms with Gasteiger partial charge in [0.1, 0.15) is 0 Å². The molecule has 0 fully saturated rings. The minimum absolute atomic E-state index is 4.34. The third kappa shape index (κ3) is 3.12. The molecule has 0 aliphatic heterocycles. The molecule has 0 spiro atoms. The van der Waals surface area contributed by atoms with E-state index < -0.39 is 20.0 Å². The van der Waals surface area contributed by atoms with Gasteiger partial charge in [0.15, 0.2) is 0 Å². The second-order valence-corrected chi connectivity index (χ2v) is 34.9. The normalized spacial score (nSPS) is 16.1. The Labute approximate surface area is 60.4 Å². The molecule has 0 aromatic rings. The zero-order valence-electron chi connectivity index (χ0n) is 3.38. The van der Waals surface area contributed by atoms with Gasteiger partial charge in [-0.2, -0.15) is 0 Å². The van der Waals surface area contributed by atoms with Crippen molar-refractivity contribution in [2.75, 3.05) is 0 Å². The Morgan fingerprint density at radius 3 is 1.38 bits per heavy atom. The second-order valence-electron chi connectivity index (χ2n) is 1.01. The molecule has 0 bridgehead atoms. The van der Waals surface area contributed by atoms with E-state index >= 15 is 0 Å². The first-order valence-corrected chi connectivity index (χ1v) is 17.7. The van der Waals surface area contributed by atoms with Crippen molar-refractivity contribution in [1.29, 1.82) is 0 Å². The molecule has 0 radical (unpaired) electrons. The van der Waals surface area contributed by atoms with E-state index in [0.717, 1.165) is 0 Å². The molecule has 0 amide bonds. The topological polar surface area (TPSA) is 57.5 Å². The Kier molecular flexibility index (Phi) is 3.49. The van der Waals surface area contributed by atoms with E-state index in [4.69, 9.17) is 36.3 Å². The fourth-order valence-electron chi connectivity index (χ4n) is 0. The van der Waals surface area contributed by atoms with Gasteiger partial charge in [-0.15, -0.1) is 0 Å². The van der Waals surface area contributed by atoms with Crippen molar-refractivity contribution in [2.45, 2.75) is 0 Å². The van der Waals surface area contributed by atoms with Crippen LogP contribution in [0.15, 0.2) is 0 Å². The van der Waals surface area contributed by atoms with Crippen LogP contribution in [-0.2, 0) is 4.57 Å². The predicted octanol–water partition coefficient (Wildman–Crippen LogP) is 1.05. The Balaban J connectivity index is 4.26. The van der Waals surface area contributed by atoms with Gasteiger partial charge in [0.05, 0.1) is 0 Å². The summed E-state index contributed by atoms with van der Waals surface area (Å²) in [6, 6.07) is 0. The summed E-state index contributed by atoms with van der Waals surface area (Å²) in [5, 5.41) is -4.34. The van der Waals surface area contributed by atoms with Gasteiger partial charge in [-0.25, -0.2) is 0 Å². The van der Waals surface area contributed by atoms with Crippen LogP contribution in [0.4, 0.5) is 0 Å². The third-order valence-corrected chi connectivity index (χ3v) is 19.9. The second kappa shape index (κ2) is 2.84. The summed E-state index contributed by atoms with van der Waals surface area (Å²) < 4.78 is 10.0. The number of rotatable bonds is 1. The molecule has 0 atom stereocenters. The summed E-state index contributed by atoms with van der Waals surface area (Å²) in [6.45, 7) is 0. The van der Waals surface area contributed by atoms with Gasteiger partial charge in [0.2, 0.25) is 0 Å². The van der Waals surface area contributed by atoms with Gasteiger partial charge in [-0.3, -0.25) is 0 Å². The zero-order valence-corrected chi connectivity index (χ0v) is 9.40. The molecule has 0 rings (SSSR count). The van der Waals surface area contributed by atoms with Crippen molar-refractivity contribution >= 4 is 46.5 Å². The van der Waals surface area contributed by atoms with Crippen LogP contribution in [0.3, 0.4) is 0 Å². The van der Waals surface area contributed by atoms with E-state index in [1.807, 2.05) is 0 Å². The fourth-order valence-corrected chi connectivity index (χ4v) is 0. The molecule has 0 saturated heterocycles. The molecule has 0 unspecified atom stereocenters. The van der Waals surface area contributed by atoms with Crippen LogP contribution in [0.5, 0.6) is 0 Å². The average Bonchev–Trinajstić information content (AvgIpc) is 1.25. The van der Waals surface area contributed by atoms with Crippen molar-refractivity contribution in [3.05, 3.63) is 0 Å². The molecular weight excluding hydrogens is 307 g/mol. The number of halogens is 3. The first-order valence-electron chi connectivity index (χ1n) is 1.37. The van der Waals surface area contributed by atoms with Crippen molar-refractivity contribution in [3.8, 4) is 0 Å². The molecule has 0 saturated carbocycles. The molecule has 8 heteroatoms. The molecule has 52 valence electrons. The average molecular weight is 310 g/mol. The van der Waals surface area contributed by atoms with Crippen molar-refractivity contribution in [3.63, 3.8) is 0 Å². The van der Waals surface area contributed by atoms with Crippen LogP contribution in [0.1, 0.15) is 0 Å². The predicted molar refractivity (Wildman–Crippen MR) is 36.8 cm³/mol. The fraction of sp³-hybridized carbons (Fsp3) is 0. The molecule has 0 heterocycles. The Hall–Kier alpha value is 1.84. The van der Waals surface area contributed by atoms with E-state index in [2.05, 4.69) is 0 Å². The third-order valence-electron chi connectivity index (χ3n) is 0.330. The molecule has 0 aliphatic carbocycles. The maximum atomic E-state index is 10.0. The minimum atomic E-state index is -4.44.